The standard InChI is InChI=1S/C19H24N6O2/c1-4-15(26)10-25-17(9-16-11(2)22-23-12(16)3)21-19(24-25)14-7-5-13(6-8-14)18(20)27/h5-8,15,26H,4,9-10H2,1-3H3,(H2,20,27)(H,22,23)/t15-/m1/s1. The third-order valence-corrected chi connectivity index (χ3v) is 4.65. The highest BCUT2D eigenvalue weighted by Gasteiger charge is 2.17. The lowest BCUT2D eigenvalue weighted by molar-refractivity contribution is 0.1000. The number of aryl methyl sites for hydroxylation is 2. The lowest BCUT2D eigenvalue weighted by atomic mass is 10.1. The summed E-state index contributed by atoms with van der Waals surface area (Å²) in [5, 5.41) is 21.9. The monoisotopic (exact) mass is 368 g/mol. The summed E-state index contributed by atoms with van der Waals surface area (Å²) >= 11 is 0. The minimum absolute atomic E-state index is 0.369. The van der Waals surface area contributed by atoms with Gasteiger partial charge in [0.2, 0.25) is 5.91 Å². The van der Waals surface area contributed by atoms with Gasteiger partial charge in [-0.25, -0.2) is 9.67 Å². The van der Waals surface area contributed by atoms with Crippen molar-refractivity contribution >= 4 is 5.91 Å². The molecular weight excluding hydrogens is 344 g/mol. The Bertz CT molecular complexity index is 922. The molecule has 1 atom stereocenters. The molecule has 1 aromatic carbocycles. The molecule has 0 aliphatic rings. The van der Waals surface area contributed by atoms with Gasteiger partial charge < -0.3 is 10.8 Å². The van der Waals surface area contributed by atoms with E-state index in [0.717, 1.165) is 28.3 Å². The molecule has 0 unspecified atom stereocenters. The molecule has 0 bridgehead atoms. The number of carbonyl (C=O) groups is 1. The lowest BCUT2D eigenvalue weighted by Gasteiger charge is -2.10. The molecule has 2 aromatic heterocycles. The van der Waals surface area contributed by atoms with Crippen LogP contribution in [0.25, 0.3) is 11.4 Å². The van der Waals surface area contributed by atoms with Gasteiger partial charge in [-0.05, 0) is 32.4 Å². The van der Waals surface area contributed by atoms with E-state index in [0.29, 0.717) is 30.8 Å². The molecule has 8 heteroatoms. The van der Waals surface area contributed by atoms with Gasteiger partial charge in [0, 0.05) is 28.8 Å². The Morgan fingerprint density at radius 3 is 2.56 bits per heavy atom. The largest absolute Gasteiger partial charge is 0.391 e. The van der Waals surface area contributed by atoms with E-state index in [-0.39, 0.29) is 0 Å². The zero-order valence-corrected chi connectivity index (χ0v) is 15.7. The molecule has 2 heterocycles. The van der Waals surface area contributed by atoms with Gasteiger partial charge in [0.15, 0.2) is 5.82 Å². The van der Waals surface area contributed by atoms with Crippen LogP contribution < -0.4 is 5.73 Å². The Kier molecular flexibility index (Phi) is 5.36. The maximum Gasteiger partial charge on any atom is 0.248 e. The number of aliphatic hydroxyl groups is 1. The van der Waals surface area contributed by atoms with Gasteiger partial charge in [-0.2, -0.15) is 10.2 Å². The fraction of sp³-hybridized carbons (Fsp3) is 0.368. The normalized spacial score (nSPS) is 12.3. The highest BCUT2D eigenvalue weighted by molar-refractivity contribution is 5.93. The van der Waals surface area contributed by atoms with Crippen molar-refractivity contribution in [2.24, 2.45) is 5.73 Å². The van der Waals surface area contributed by atoms with Crippen LogP contribution in [0.3, 0.4) is 0 Å². The number of rotatable bonds is 7. The summed E-state index contributed by atoms with van der Waals surface area (Å²) in [6.07, 6.45) is 0.699. The van der Waals surface area contributed by atoms with Crippen LogP contribution in [-0.4, -0.2) is 42.1 Å². The summed E-state index contributed by atoms with van der Waals surface area (Å²) in [6.45, 7) is 6.22. The van der Waals surface area contributed by atoms with Crippen molar-refractivity contribution in [1.82, 2.24) is 25.0 Å². The smallest absolute Gasteiger partial charge is 0.248 e. The predicted molar refractivity (Wildman–Crippen MR) is 101 cm³/mol. The molecule has 0 fully saturated rings. The molecular formula is C19H24N6O2. The molecule has 3 aromatic rings. The minimum Gasteiger partial charge on any atom is -0.391 e. The van der Waals surface area contributed by atoms with Crippen molar-refractivity contribution in [3.8, 4) is 11.4 Å². The van der Waals surface area contributed by atoms with E-state index in [1.807, 2.05) is 20.8 Å². The molecule has 0 radical (unpaired) electrons. The van der Waals surface area contributed by atoms with E-state index in [1.54, 1.807) is 28.9 Å². The number of carbonyl (C=O) groups excluding carboxylic acids is 1. The number of aliphatic hydroxyl groups excluding tert-OH is 1. The Morgan fingerprint density at radius 2 is 2.00 bits per heavy atom. The van der Waals surface area contributed by atoms with Crippen molar-refractivity contribution in [3.05, 3.63) is 52.6 Å². The maximum atomic E-state index is 11.3. The first-order chi connectivity index (χ1) is 12.9. The molecule has 0 aliphatic carbocycles. The van der Waals surface area contributed by atoms with Crippen molar-refractivity contribution < 1.29 is 9.90 Å². The zero-order chi connectivity index (χ0) is 19.6. The van der Waals surface area contributed by atoms with E-state index >= 15 is 0 Å². The molecule has 27 heavy (non-hydrogen) atoms. The minimum atomic E-state index is -0.498. The van der Waals surface area contributed by atoms with Crippen LogP contribution in [0.5, 0.6) is 0 Å². The number of primary amides is 1. The maximum absolute atomic E-state index is 11.3. The number of nitrogens with two attached hydrogens (primary N) is 1. The molecule has 4 N–H and O–H groups in total. The van der Waals surface area contributed by atoms with E-state index in [9.17, 15) is 9.90 Å². The van der Waals surface area contributed by atoms with E-state index in [4.69, 9.17) is 5.73 Å². The number of benzene rings is 1. The number of aromatic nitrogens is 5. The van der Waals surface area contributed by atoms with Gasteiger partial charge in [-0.15, -0.1) is 0 Å². The average Bonchev–Trinajstić information content (AvgIpc) is 3.20. The quantitative estimate of drug-likeness (QED) is 0.586. The summed E-state index contributed by atoms with van der Waals surface area (Å²) < 4.78 is 1.75. The first-order valence-electron chi connectivity index (χ1n) is 8.91. The number of hydrogen-bond donors (Lipinski definition) is 3. The number of aromatic amines is 1. The third-order valence-electron chi connectivity index (χ3n) is 4.65. The van der Waals surface area contributed by atoms with Crippen molar-refractivity contribution in [1.29, 1.82) is 0 Å². The second-order valence-corrected chi connectivity index (χ2v) is 6.63. The highest BCUT2D eigenvalue weighted by atomic mass is 16.3. The summed E-state index contributed by atoms with van der Waals surface area (Å²) in [7, 11) is 0. The highest BCUT2D eigenvalue weighted by Crippen LogP contribution is 2.20. The van der Waals surface area contributed by atoms with E-state index < -0.39 is 12.0 Å². The Hall–Kier alpha value is -3.00. The number of hydrogen-bond acceptors (Lipinski definition) is 5. The van der Waals surface area contributed by atoms with Crippen LogP contribution >= 0.6 is 0 Å². The van der Waals surface area contributed by atoms with E-state index in [1.165, 1.54) is 0 Å². The third kappa shape index (κ3) is 4.06. The van der Waals surface area contributed by atoms with Gasteiger partial charge in [0.1, 0.15) is 5.82 Å². The topological polar surface area (TPSA) is 123 Å². The number of amides is 1. The molecule has 142 valence electrons. The van der Waals surface area contributed by atoms with Crippen LogP contribution in [0.1, 0.15) is 46.5 Å². The first kappa shape index (κ1) is 18.8. The van der Waals surface area contributed by atoms with Crippen molar-refractivity contribution in [3.63, 3.8) is 0 Å². The Balaban J connectivity index is 1.97. The van der Waals surface area contributed by atoms with Gasteiger partial charge in [-0.3, -0.25) is 9.89 Å². The number of H-pyrrole nitrogens is 1. The average molecular weight is 368 g/mol. The number of nitrogens with one attached hydrogen (secondary N) is 1. The second-order valence-electron chi connectivity index (χ2n) is 6.63. The van der Waals surface area contributed by atoms with Gasteiger partial charge in [0.25, 0.3) is 0 Å². The van der Waals surface area contributed by atoms with Crippen LogP contribution in [0.15, 0.2) is 24.3 Å². The van der Waals surface area contributed by atoms with Gasteiger partial charge >= 0.3 is 0 Å². The predicted octanol–water partition coefficient (Wildman–Crippen LogP) is 1.75. The molecule has 0 saturated heterocycles. The summed E-state index contributed by atoms with van der Waals surface area (Å²) in [6, 6.07) is 6.86. The summed E-state index contributed by atoms with van der Waals surface area (Å²) in [4.78, 5) is 15.9. The fourth-order valence-corrected chi connectivity index (χ4v) is 2.88. The van der Waals surface area contributed by atoms with Crippen LogP contribution in [0, 0.1) is 13.8 Å². The van der Waals surface area contributed by atoms with Gasteiger partial charge in [-0.1, -0.05) is 19.1 Å². The molecule has 3 rings (SSSR count). The lowest BCUT2D eigenvalue weighted by Crippen LogP contribution is -2.18. The first-order valence-corrected chi connectivity index (χ1v) is 8.91. The zero-order valence-electron chi connectivity index (χ0n) is 15.7. The Morgan fingerprint density at radius 1 is 1.30 bits per heavy atom. The SMILES string of the molecule is CC[C@@H](O)Cn1nc(-c2ccc(C(N)=O)cc2)nc1Cc1c(C)n[nH]c1C. The molecule has 0 aliphatic heterocycles. The van der Waals surface area contributed by atoms with Crippen molar-refractivity contribution in [2.45, 2.75) is 46.3 Å². The number of nitrogens with zero attached hydrogens (tertiary/aromatic N) is 4. The van der Waals surface area contributed by atoms with Crippen LogP contribution in [0.2, 0.25) is 0 Å². The molecule has 0 spiro atoms. The fourth-order valence-electron chi connectivity index (χ4n) is 2.88. The van der Waals surface area contributed by atoms with Crippen LogP contribution in [0.4, 0.5) is 0 Å². The molecule has 1 amide bonds. The molecule has 8 nitrogen and oxygen atoms in total. The second kappa shape index (κ2) is 7.71. The summed E-state index contributed by atoms with van der Waals surface area (Å²) in [5.41, 5.74) is 9.50. The summed E-state index contributed by atoms with van der Waals surface area (Å²) in [5.74, 6) is 0.824. The van der Waals surface area contributed by atoms with Gasteiger partial charge in [0.05, 0.1) is 18.3 Å². The van der Waals surface area contributed by atoms with Crippen LogP contribution in [-0.2, 0) is 13.0 Å². The van der Waals surface area contributed by atoms with Crippen molar-refractivity contribution in [2.75, 3.05) is 0 Å². The van der Waals surface area contributed by atoms with E-state index in [2.05, 4.69) is 20.3 Å². The molecule has 0 saturated carbocycles. The Labute approximate surface area is 157 Å².